The molecule has 0 saturated carbocycles. The van der Waals surface area contributed by atoms with Gasteiger partial charge < -0.3 is 9.47 Å². The molecule has 0 unspecified atom stereocenters. The molecule has 1 aliphatic heterocycles. The first-order valence-corrected chi connectivity index (χ1v) is 5.62. The molecule has 1 aromatic rings. The standard InChI is InChI=1S/C12H14N2O2/c1-6-13-11(14-7-1)10-2-4-12(5-3-10)15-8-9-16-12/h1-2,6-7H,3-5,8-9H2. The van der Waals surface area contributed by atoms with Crippen molar-refractivity contribution in [3.8, 4) is 0 Å². The zero-order valence-corrected chi connectivity index (χ0v) is 9.06. The van der Waals surface area contributed by atoms with Crippen molar-refractivity contribution in [2.24, 2.45) is 0 Å². The third-order valence-corrected chi connectivity index (χ3v) is 3.10. The number of nitrogens with zero attached hydrogens (tertiary/aromatic N) is 2. The van der Waals surface area contributed by atoms with Gasteiger partial charge in [0.15, 0.2) is 11.6 Å². The first kappa shape index (κ1) is 9.93. The number of hydrogen-bond acceptors (Lipinski definition) is 4. The molecule has 4 nitrogen and oxygen atoms in total. The van der Waals surface area contributed by atoms with E-state index < -0.39 is 0 Å². The Morgan fingerprint density at radius 1 is 1.12 bits per heavy atom. The number of hydrogen-bond donors (Lipinski definition) is 0. The van der Waals surface area contributed by atoms with E-state index in [1.807, 2.05) is 6.07 Å². The van der Waals surface area contributed by atoms with Crippen molar-refractivity contribution in [1.29, 1.82) is 0 Å². The molecule has 84 valence electrons. The summed E-state index contributed by atoms with van der Waals surface area (Å²) in [7, 11) is 0. The Morgan fingerprint density at radius 2 is 1.88 bits per heavy atom. The molecule has 1 aliphatic carbocycles. The van der Waals surface area contributed by atoms with Crippen LogP contribution in [-0.4, -0.2) is 29.0 Å². The van der Waals surface area contributed by atoms with Crippen LogP contribution in [-0.2, 0) is 9.47 Å². The van der Waals surface area contributed by atoms with Crippen molar-refractivity contribution in [3.63, 3.8) is 0 Å². The van der Waals surface area contributed by atoms with Crippen LogP contribution in [0.15, 0.2) is 24.5 Å². The zero-order valence-electron chi connectivity index (χ0n) is 9.06. The second-order valence-corrected chi connectivity index (χ2v) is 4.11. The van der Waals surface area contributed by atoms with E-state index in [2.05, 4.69) is 16.0 Å². The van der Waals surface area contributed by atoms with Gasteiger partial charge >= 0.3 is 0 Å². The fourth-order valence-corrected chi connectivity index (χ4v) is 2.24. The maximum atomic E-state index is 5.66. The summed E-state index contributed by atoms with van der Waals surface area (Å²) in [5, 5.41) is 0. The Labute approximate surface area is 94.3 Å². The van der Waals surface area contributed by atoms with Crippen LogP contribution in [0, 0.1) is 0 Å². The molecule has 0 bridgehead atoms. The quantitative estimate of drug-likeness (QED) is 0.720. The SMILES string of the molecule is C1=C(c2ncccn2)CCC2(C1)OCCO2. The summed E-state index contributed by atoms with van der Waals surface area (Å²) < 4.78 is 11.3. The summed E-state index contributed by atoms with van der Waals surface area (Å²) >= 11 is 0. The topological polar surface area (TPSA) is 44.2 Å². The van der Waals surface area contributed by atoms with Gasteiger partial charge in [-0.2, -0.15) is 0 Å². The third kappa shape index (κ3) is 1.74. The normalized spacial score (nSPS) is 23.4. The van der Waals surface area contributed by atoms with Crippen LogP contribution in [0.3, 0.4) is 0 Å². The van der Waals surface area contributed by atoms with Crippen molar-refractivity contribution in [1.82, 2.24) is 9.97 Å². The minimum absolute atomic E-state index is 0.349. The molecule has 0 atom stereocenters. The Morgan fingerprint density at radius 3 is 2.50 bits per heavy atom. The molecule has 0 radical (unpaired) electrons. The summed E-state index contributed by atoms with van der Waals surface area (Å²) in [5.41, 5.74) is 1.20. The lowest BCUT2D eigenvalue weighted by Gasteiger charge is -2.30. The van der Waals surface area contributed by atoms with Crippen LogP contribution in [0.25, 0.3) is 5.57 Å². The fourth-order valence-electron chi connectivity index (χ4n) is 2.24. The largest absolute Gasteiger partial charge is 0.347 e. The summed E-state index contributed by atoms with van der Waals surface area (Å²) in [6, 6.07) is 1.83. The van der Waals surface area contributed by atoms with Crippen molar-refractivity contribution in [2.45, 2.75) is 25.0 Å². The second-order valence-electron chi connectivity index (χ2n) is 4.11. The van der Waals surface area contributed by atoms with Gasteiger partial charge in [-0.1, -0.05) is 6.08 Å². The van der Waals surface area contributed by atoms with E-state index in [1.54, 1.807) is 12.4 Å². The number of rotatable bonds is 1. The van der Waals surface area contributed by atoms with E-state index in [-0.39, 0.29) is 5.79 Å². The molecule has 2 heterocycles. The molecule has 2 aliphatic rings. The molecule has 1 aromatic heterocycles. The van der Waals surface area contributed by atoms with Gasteiger partial charge in [-0.3, -0.25) is 0 Å². The lowest BCUT2D eigenvalue weighted by Crippen LogP contribution is -2.31. The number of ether oxygens (including phenoxy) is 2. The maximum Gasteiger partial charge on any atom is 0.172 e. The van der Waals surface area contributed by atoms with Crippen molar-refractivity contribution < 1.29 is 9.47 Å². The molecule has 1 fully saturated rings. The Bertz CT molecular complexity index is 397. The van der Waals surface area contributed by atoms with Gasteiger partial charge in [-0.15, -0.1) is 0 Å². The van der Waals surface area contributed by atoms with Gasteiger partial charge in [0.2, 0.25) is 0 Å². The van der Waals surface area contributed by atoms with Crippen LogP contribution in [0.2, 0.25) is 0 Å². The monoisotopic (exact) mass is 218 g/mol. The summed E-state index contributed by atoms with van der Waals surface area (Å²) in [6.45, 7) is 1.43. The molecule has 3 rings (SSSR count). The number of aromatic nitrogens is 2. The number of allylic oxidation sites excluding steroid dienone is 1. The first-order chi connectivity index (χ1) is 7.88. The summed E-state index contributed by atoms with van der Waals surface area (Å²) in [6.07, 6.45) is 8.32. The van der Waals surface area contributed by atoms with E-state index in [4.69, 9.17) is 9.47 Å². The molecule has 1 spiro atoms. The minimum Gasteiger partial charge on any atom is -0.347 e. The Kier molecular flexibility index (Phi) is 2.46. The fraction of sp³-hybridized carbons (Fsp3) is 0.500. The average molecular weight is 218 g/mol. The summed E-state index contributed by atoms with van der Waals surface area (Å²) in [4.78, 5) is 8.51. The Hall–Kier alpha value is -1.26. The van der Waals surface area contributed by atoms with E-state index >= 15 is 0 Å². The van der Waals surface area contributed by atoms with Gasteiger partial charge in [0.05, 0.1) is 13.2 Å². The highest BCUT2D eigenvalue weighted by Gasteiger charge is 2.37. The molecule has 0 amide bonds. The predicted octanol–water partition coefficient (Wildman–Crippen LogP) is 1.79. The van der Waals surface area contributed by atoms with Gasteiger partial charge in [0.1, 0.15) is 0 Å². The van der Waals surface area contributed by atoms with Crippen LogP contribution in [0.5, 0.6) is 0 Å². The molecule has 4 heteroatoms. The average Bonchev–Trinajstić information content (AvgIpc) is 2.80. The van der Waals surface area contributed by atoms with Crippen LogP contribution in [0.1, 0.15) is 25.1 Å². The van der Waals surface area contributed by atoms with E-state index in [0.717, 1.165) is 25.1 Å². The first-order valence-electron chi connectivity index (χ1n) is 5.62. The van der Waals surface area contributed by atoms with Gasteiger partial charge in [0.25, 0.3) is 0 Å². The maximum absolute atomic E-state index is 5.66. The van der Waals surface area contributed by atoms with Crippen LogP contribution < -0.4 is 0 Å². The molecule has 16 heavy (non-hydrogen) atoms. The lowest BCUT2D eigenvalue weighted by atomic mass is 9.93. The minimum atomic E-state index is -0.349. The van der Waals surface area contributed by atoms with Gasteiger partial charge in [-0.05, 0) is 18.1 Å². The molecule has 1 saturated heterocycles. The van der Waals surface area contributed by atoms with Crippen molar-refractivity contribution in [3.05, 3.63) is 30.4 Å². The Balaban J connectivity index is 1.79. The van der Waals surface area contributed by atoms with E-state index in [0.29, 0.717) is 13.2 Å². The molecular weight excluding hydrogens is 204 g/mol. The lowest BCUT2D eigenvalue weighted by molar-refractivity contribution is -0.159. The highest BCUT2D eigenvalue weighted by Crippen LogP contribution is 2.37. The highest BCUT2D eigenvalue weighted by molar-refractivity contribution is 5.60. The highest BCUT2D eigenvalue weighted by atomic mass is 16.7. The third-order valence-electron chi connectivity index (χ3n) is 3.10. The summed E-state index contributed by atoms with van der Waals surface area (Å²) in [5.74, 6) is 0.480. The van der Waals surface area contributed by atoms with Crippen molar-refractivity contribution in [2.75, 3.05) is 13.2 Å². The van der Waals surface area contributed by atoms with Gasteiger partial charge in [0, 0.05) is 25.2 Å². The van der Waals surface area contributed by atoms with E-state index in [1.165, 1.54) is 5.57 Å². The van der Waals surface area contributed by atoms with Crippen LogP contribution in [0.4, 0.5) is 0 Å². The molecule has 0 aromatic carbocycles. The molecular formula is C12H14N2O2. The van der Waals surface area contributed by atoms with Crippen molar-refractivity contribution >= 4 is 5.57 Å². The predicted molar refractivity (Wildman–Crippen MR) is 58.5 cm³/mol. The van der Waals surface area contributed by atoms with Crippen LogP contribution >= 0.6 is 0 Å². The van der Waals surface area contributed by atoms with Gasteiger partial charge in [-0.25, -0.2) is 9.97 Å². The smallest absolute Gasteiger partial charge is 0.172 e. The molecule has 0 N–H and O–H groups in total. The second kappa shape index (κ2) is 3.96. The zero-order chi connectivity index (χ0) is 10.8. The van der Waals surface area contributed by atoms with E-state index in [9.17, 15) is 0 Å².